The number of nitriles is 2. The molecule has 1 rings (SSSR count). The highest BCUT2D eigenvalue weighted by Gasteiger charge is 2.15. The van der Waals surface area contributed by atoms with Gasteiger partial charge in [0, 0.05) is 10.5 Å². The second kappa shape index (κ2) is 6.10. The molecule has 9 heteroatoms. The fourth-order valence-corrected chi connectivity index (χ4v) is 1.86. The minimum atomic E-state index is -0.544. The molecule has 0 aromatic heterocycles. The van der Waals surface area contributed by atoms with Gasteiger partial charge in [-0.3, -0.25) is 15.5 Å². The molecule has 7 nitrogen and oxygen atoms in total. The van der Waals surface area contributed by atoms with Crippen LogP contribution in [-0.2, 0) is 0 Å². The standard InChI is InChI=1S/C9H3Br2N5O2/c10-6-2-9(16(17)18)7(11)1-8(6)15-14-5(3-12)4-13/h1-2,15H. The van der Waals surface area contributed by atoms with Gasteiger partial charge in [-0.2, -0.15) is 15.6 Å². The first-order valence-electron chi connectivity index (χ1n) is 4.27. The Hall–Kier alpha value is -1.97. The van der Waals surface area contributed by atoms with Crippen molar-refractivity contribution >= 4 is 48.9 Å². The van der Waals surface area contributed by atoms with Gasteiger partial charge >= 0.3 is 0 Å². The van der Waals surface area contributed by atoms with Crippen molar-refractivity contribution in [3.63, 3.8) is 0 Å². The van der Waals surface area contributed by atoms with E-state index in [0.29, 0.717) is 10.2 Å². The summed E-state index contributed by atoms with van der Waals surface area (Å²) in [4.78, 5) is 10.1. The van der Waals surface area contributed by atoms with E-state index in [1.54, 1.807) is 12.1 Å². The predicted octanol–water partition coefficient (Wildman–Crippen LogP) is 2.93. The zero-order valence-corrected chi connectivity index (χ0v) is 11.7. The molecular weight excluding hydrogens is 370 g/mol. The van der Waals surface area contributed by atoms with Crippen LogP contribution in [-0.4, -0.2) is 10.6 Å². The summed E-state index contributed by atoms with van der Waals surface area (Å²) in [6.45, 7) is 0. The summed E-state index contributed by atoms with van der Waals surface area (Å²) in [6, 6.07) is 5.85. The molecule has 0 saturated heterocycles. The van der Waals surface area contributed by atoms with Gasteiger partial charge in [-0.25, -0.2) is 0 Å². The van der Waals surface area contributed by atoms with Crippen molar-refractivity contribution in [1.29, 1.82) is 10.5 Å². The van der Waals surface area contributed by atoms with Gasteiger partial charge in [-0.1, -0.05) is 0 Å². The highest BCUT2D eigenvalue weighted by atomic mass is 79.9. The van der Waals surface area contributed by atoms with Gasteiger partial charge in [-0.15, -0.1) is 0 Å². The van der Waals surface area contributed by atoms with Crippen molar-refractivity contribution in [2.45, 2.75) is 0 Å². The zero-order valence-electron chi connectivity index (χ0n) is 8.52. The van der Waals surface area contributed by atoms with Crippen molar-refractivity contribution in [1.82, 2.24) is 0 Å². The number of nitro benzene ring substituents is 1. The number of nitrogens with zero attached hydrogens (tertiary/aromatic N) is 4. The van der Waals surface area contributed by atoms with E-state index in [0.717, 1.165) is 0 Å². The largest absolute Gasteiger partial charge is 0.284 e. The molecule has 18 heavy (non-hydrogen) atoms. The normalized spacial score (nSPS) is 8.89. The quantitative estimate of drug-likeness (QED) is 0.497. The highest BCUT2D eigenvalue weighted by Crippen LogP contribution is 2.34. The Morgan fingerprint density at radius 1 is 1.33 bits per heavy atom. The molecule has 0 fully saturated rings. The zero-order chi connectivity index (χ0) is 13.7. The van der Waals surface area contributed by atoms with Crippen molar-refractivity contribution in [3.05, 3.63) is 31.2 Å². The first-order valence-corrected chi connectivity index (χ1v) is 5.85. The third kappa shape index (κ3) is 3.26. The summed E-state index contributed by atoms with van der Waals surface area (Å²) >= 11 is 6.16. The fourth-order valence-electron chi connectivity index (χ4n) is 0.953. The Kier molecular flexibility index (Phi) is 4.77. The van der Waals surface area contributed by atoms with E-state index in [9.17, 15) is 10.1 Å². The Morgan fingerprint density at radius 3 is 2.44 bits per heavy atom. The number of halogens is 2. The van der Waals surface area contributed by atoms with E-state index in [-0.39, 0.29) is 15.9 Å². The van der Waals surface area contributed by atoms with Crippen LogP contribution in [0.5, 0.6) is 0 Å². The number of hydrazone groups is 1. The molecule has 0 spiro atoms. The lowest BCUT2D eigenvalue weighted by molar-refractivity contribution is -0.385. The molecule has 0 radical (unpaired) electrons. The average molecular weight is 373 g/mol. The smallest absolute Gasteiger partial charge is 0.275 e. The predicted molar refractivity (Wildman–Crippen MR) is 70.8 cm³/mol. The van der Waals surface area contributed by atoms with Gasteiger partial charge in [0.15, 0.2) is 0 Å². The van der Waals surface area contributed by atoms with Crippen molar-refractivity contribution < 1.29 is 4.92 Å². The van der Waals surface area contributed by atoms with Gasteiger partial charge in [0.2, 0.25) is 5.71 Å². The van der Waals surface area contributed by atoms with Crippen molar-refractivity contribution in [2.75, 3.05) is 5.43 Å². The topological polar surface area (TPSA) is 115 Å². The third-order valence-corrected chi connectivity index (χ3v) is 3.02. The maximum Gasteiger partial charge on any atom is 0.284 e. The molecule has 1 N–H and O–H groups in total. The fraction of sp³-hybridized carbons (Fsp3) is 0. The van der Waals surface area contributed by atoms with Crippen LogP contribution in [0, 0.1) is 32.8 Å². The van der Waals surface area contributed by atoms with E-state index in [2.05, 4.69) is 42.4 Å². The van der Waals surface area contributed by atoms with Crippen LogP contribution in [0.2, 0.25) is 0 Å². The summed E-state index contributed by atoms with van der Waals surface area (Å²) in [5, 5.41) is 31.2. The lowest BCUT2D eigenvalue weighted by Gasteiger charge is -2.04. The van der Waals surface area contributed by atoms with Gasteiger partial charge in [0.1, 0.15) is 12.1 Å². The lowest BCUT2D eigenvalue weighted by Crippen LogP contribution is -1.98. The van der Waals surface area contributed by atoms with E-state index >= 15 is 0 Å². The molecule has 1 aromatic rings. The summed E-state index contributed by atoms with van der Waals surface area (Å²) < 4.78 is 0.639. The van der Waals surface area contributed by atoms with E-state index < -0.39 is 4.92 Å². The maximum absolute atomic E-state index is 10.7. The van der Waals surface area contributed by atoms with Crippen LogP contribution < -0.4 is 5.43 Å². The van der Waals surface area contributed by atoms with Gasteiger partial charge in [-0.05, 0) is 37.9 Å². The summed E-state index contributed by atoms with van der Waals surface area (Å²) in [6.07, 6.45) is 0. The van der Waals surface area contributed by atoms with Crippen LogP contribution >= 0.6 is 31.9 Å². The number of nitro groups is 1. The molecule has 0 heterocycles. The lowest BCUT2D eigenvalue weighted by atomic mass is 10.3. The minimum absolute atomic E-state index is 0.114. The third-order valence-electron chi connectivity index (χ3n) is 1.73. The minimum Gasteiger partial charge on any atom is -0.275 e. The molecule has 0 aliphatic rings. The molecule has 0 unspecified atom stereocenters. The molecule has 90 valence electrons. The molecule has 0 atom stereocenters. The molecule has 0 amide bonds. The number of nitrogens with one attached hydrogen (secondary N) is 1. The summed E-state index contributed by atoms with van der Waals surface area (Å²) in [5.74, 6) is 0. The first-order chi connectivity index (χ1) is 8.49. The van der Waals surface area contributed by atoms with Crippen LogP contribution in [0.25, 0.3) is 0 Å². The molecule has 0 aliphatic heterocycles. The Labute approximate surface area is 118 Å². The van der Waals surface area contributed by atoms with Crippen molar-refractivity contribution in [2.24, 2.45) is 5.10 Å². The molecular formula is C9H3Br2N5O2. The molecule has 1 aromatic carbocycles. The van der Waals surface area contributed by atoms with Crippen LogP contribution in [0.1, 0.15) is 0 Å². The molecule has 0 aliphatic carbocycles. The Balaban J connectivity index is 3.11. The van der Waals surface area contributed by atoms with Gasteiger partial charge in [0.05, 0.1) is 15.1 Å². The second-order valence-corrected chi connectivity index (χ2v) is 4.55. The van der Waals surface area contributed by atoms with Gasteiger partial charge in [0.25, 0.3) is 5.69 Å². The van der Waals surface area contributed by atoms with E-state index in [1.165, 1.54) is 12.1 Å². The molecule has 0 bridgehead atoms. The number of benzene rings is 1. The number of rotatable bonds is 3. The van der Waals surface area contributed by atoms with Crippen LogP contribution in [0.3, 0.4) is 0 Å². The maximum atomic E-state index is 10.7. The Morgan fingerprint density at radius 2 is 1.94 bits per heavy atom. The Bertz CT molecular complexity index is 599. The average Bonchev–Trinajstić information content (AvgIpc) is 2.33. The highest BCUT2D eigenvalue weighted by molar-refractivity contribution is 9.11. The van der Waals surface area contributed by atoms with E-state index in [4.69, 9.17) is 10.5 Å². The molecule has 0 saturated carbocycles. The summed E-state index contributed by atoms with van der Waals surface area (Å²) in [7, 11) is 0. The van der Waals surface area contributed by atoms with Crippen LogP contribution in [0.15, 0.2) is 26.2 Å². The van der Waals surface area contributed by atoms with E-state index in [1.807, 2.05) is 0 Å². The summed E-state index contributed by atoms with van der Waals surface area (Å²) in [5.41, 5.74) is 2.39. The number of anilines is 1. The van der Waals surface area contributed by atoms with Gasteiger partial charge < -0.3 is 0 Å². The van der Waals surface area contributed by atoms with Crippen LogP contribution in [0.4, 0.5) is 11.4 Å². The second-order valence-electron chi connectivity index (χ2n) is 2.84. The van der Waals surface area contributed by atoms with Crippen molar-refractivity contribution in [3.8, 4) is 12.1 Å². The monoisotopic (exact) mass is 371 g/mol. The number of hydrogen-bond acceptors (Lipinski definition) is 6. The SMILES string of the molecule is N#CC(C#N)=NNc1cc(Br)c([N+](=O)[O-])cc1Br. The number of hydrogen-bond donors (Lipinski definition) is 1. The first kappa shape index (κ1) is 14.1.